The molecule has 0 saturated heterocycles. The van der Waals surface area contributed by atoms with Crippen molar-refractivity contribution in [3.8, 4) is 22.9 Å². The Morgan fingerprint density at radius 2 is 2.03 bits per heavy atom. The summed E-state index contributed by atoms with van der Waals surface area (Å²) in [4.78, 5) is 13.4. The lowest BCUT2D eigenvalue weighted by atomic mass is 9.91. The number of hydrogen-bond donors (Lipinski definition) is 1. The molecule has 2 atom stereocenters. The van der Waals surface area contributed by atoms with Crippen molar-refractivity contribution in [2.24, 2.45) is 0 Å². The Morgan fingerprint density at radius 1 is 1.17 bits per heavy atom. The van der Waals surface area contributed by atoms with E-state index in [1.54, 1.807) is 25.4 Å². The number of hydrogen-bond acceptors (Lipinski definition) is 5. The average molecular weight is 392 g/mol. The standard InChI is InChI=1S/C21H21FN6O/c1-29-19-9-5-4-8-17(19)28-18-10-15(20-24-12-25-27-20)23-11-16(18)26-21(28)13-6-2-3-7-14(13)22/h2-3,6-7,10-12,17,19H,4-5,8-9H2,1H3,(H,24,25,27)/t17-,19+/m0/s1. The highest BCUT2D eigenvalue weighted by Gasteiger charge is 2.31. The highest BCUT2D eigenvalue weighted by atomic mass is 19.1. The maximum Gasteiger partial charge on any atom is 0.174 e. The van der Waals surface area contributed by atoms with E-state index >= 15 is 0 Å². The van der Waals surface area contributed by atoms with E-state index < -0.39 is 0 Å². The second-order valence-corrected chi connectivity index (χ2v) is 7.30. The summed E-state index contributed by atoms with van der Waals surface area (Å²) >= 11 is 0. The first-order chi connectivity index (χ1) is 14.3. The van der Waals surface area contributed by atoms with Gasteiger partial charge in [-0.1, -0.05) is 25.0 Å². The van der Waals surface area contributed by atoms with Crippen molar-refractivity contribution >= 4 is 11.0 Å². The van der Waals surface area contributed by atoms with Gasteiger partial charge in [-0.25, -0.2) is 14.4 Å². The number of aromatic amines is 1. The molecular formula is C21H21FN6O. The lowest BCUT2D eigenvalue weighted by molar-refractivity contribution is 0.0309. The largest absolute Gasteiger partial charge is 0.379 e. The Bertz CT molecular complexity index is 1140. The summed E-state index contributed by atoms with van der Waals surface area (Å²) < 4.78 is 22.7. The maximum atomic E-state index is 14.7. The molecular weight excluding hydrogens is 371 g/mol. The first kappa shape index (κ1) is 17.9. The molecule has 0 amide bonds. The van der Waals surface area contributed by atoms with Gasteiger partial charge in [0.05, 0.1) is 29.4 Å². The normalized spacial score (nSPS) is 19.7. The Hall–Kier alpha value is -3.13. The van der Waals surface area contributed by atoms with Crippen LogP contribution in [0.2, 0.25) is 0 Å². The highest BCUT2D eigenvalue weighted by molar-refractivity contribution is 5.83. The Kier molecular flexibility index (Phi) is 4.55. The number of methoxy groups -OCH3 is 1. The molecule has 1 aliphatic rings. The second-order valence-electron chi connectivity index (χ2n) is 7.30. The number of fused-ring (bicyclic) bond motifs is 1. The third-order valence-corrected chi connectivity index (χ3v) is 5.65. The van der Waals surface area contributed by atoms with E-state index in [-0.39, 0.29) is 18.0 Å². The van der Waals surface area contributed by atoms with E-state index in [4.69, 9.17) is 9.72 Å². The van der Waals surface area contributed by atoms with Gasteiger partial charge in [-0.3, -0.25) is 10.1 Å². The van der Waals surface area contributed by atoms with Crippen molar-refractivity contribution < 1.29 is 9.13 Å². The predicted molar refractivity (Wildman–Crippen MR) is 107 cm³/mol. The molecule has 0 spiro atoms. The molecule has 0 radical (unpaired) electrons. The zero-order valence-electron chi connectivity index (χ0n) is 16.0. The Balaban J connectivity index is 1.76. The van der Waals surface area contributed by atoms with E-state index in [1.165, 1.54) is 12.4 Å². The Morgan fingerprint density at radius 3 is 2.83 bits per heavy atom. The molecule has 3 heterocycles. The fourth-order valence-electron chi connectivity index (χ4n) is 4.27. The number of aromatic nitrogens is 6. The summed E-state index contributed by atoms with van der Waals surface area (Å²) in [6.45, 7) is 0. The minimum atomic E-state index is -0.294. The van der Waals surface area contributed by atoms with Crippen molar-refractivity contribution in [2.45, 2.75) is 37.8 Å². The van der Waals surface area contributed by atoms with Gasteiger partial charge in [-0.05, 0) is 31.0 Å². The fourth-order valence-corrected chi connectivity index (χ4v) is 4.27. The molecule has 8 heteroatoms. The van der Waals surface area contributed by atoms with Gasteiger partial charge in [-0.2, -0.15) is 5.10 Å². The van der Waals surface area contributed by atoms with Gasteiger partial charge in [0, 0.05) is 7.11 Å². The summed E-state index contributed by atoms with van der Waals surface area (Å²) in [6, 6.07) is 8.75. The molecule has 1 fully saturated rings. The summed E-state index contributed by atoms with van der Waals surface area (Å²) in [6.07, 6.45) is 7.35. The van der Waals surface area contributed by atoms with Crippen LogP contribution in [0.4, 0.5) is 4.39 Å². The molecule has 0 aliphatic heterocycles. The van der Waals surface area contributed by atoms with Crippen molar-refractivity contribution in [1.82, 2.24) is 29.7 Å². The zero-order valence-corrected chi connectivity index (χ0v) is 16.0. The number of benzene rings is 1. The molecule has 0 bridgehead atoms. The van der Waals surface area contributed by atoms with Crippen LogP contribution >= 0.6 is 0 Å². The minimum Gasteiger partial charge on any atom is -0.379 e. The summed E-state index contributed by atoms with van der Waals surface area (Å²) in [5.41, 5.74) is 2.75. The zero-order chi connectivity index (χ0) is 19.8. The van der Waals surface area contributed by atoms with Crippen molar-refractivity contribution in [1.29, 1.82) is 0 Å². The lowest BCUT2D eigenvalue weighted by Crippen LogP contribution is -2.30. The van der Waals surface area contributed by atoms with Crippen LogP contribution in [0.3, 0.4) is 0 Å². The lowest BCUT2D eigenvalue weighted by Gasteiger charge is -2.33. The smallest absolute Gasteiger partial charge is 0.174 e. The molecule has 29 heavy (non-hydrogen) atoms. The molecule has 0 unspecified atom stereocenters. The van der Waals surface area contributed by atoms with Crippen LogP contribution in [-0.4, -0.2) is 42.9 Å². The summed E-state index contributed by atoms with van der Waals surface area (Å²) in [5.74, 6) is 0.889. The molecule has 5 rings (SSSR count). The number of pyridine rings is 1. The van der Waals surface area contributed by atoms with E-state index in [0.717, 1.165) is 31.2 Å². The van der Waals surface area contributed by atoms with Crippen molar-refractivity contribution in [3.63, 3.8) is 0 Å². The van der Waals surface area contributed by atoms with Crippen molar-refractivity contribution in [2.75, 3.05) is 7.11 Å². The fraction of sp³-hybridized carbons (Fsp3) is 0.333. The first-order valence-corrected chi connectivity index (χ1v) is 9.77. The van der Waals surface area contributed by atoms with Crippen LogP contribution in [-0.2, 0) is 4.74 Å². The number of ether oxygens (including phenoxy) is 1. The Labute approximate surface area is 167 Å². The number of rotatable bonds is 4. The predicted octanol–water partition coefficient (Wildman–Crippen LogP) is 4.15. The molecule has 1 aromatic carbocycles. The van der Waals surface area contributed by atoms with Gasteiger partial charge in [-0.15, -0.1) is 0 Å². The molecule has 1 N–H and O–H groups in total. The monoisotopic (exact) mass is 392 g/mol. The van der Waals surface area contributed by atoms with Crippen LogP contribution in [0.1, 0.15) is 31.7 Å². The van der Waals surface area contributed by atoms with Crippen LogP contribution in [0, 0.1) is 5.82 Å². The number of halogens is 1. The quantitative estimate of drug-likeness (QED) is 0.564. The van der Waals surface area contributed by atoms with E-state index in [0.29, 0.717) is 28.4 Å². The van der Waals surface area contributed by atoms with Gasteiger partial charge in [0.2, 0.25) is 0 Å². The van der Waals surface area contributed by atoms with Gasteiger partial charge < -0.3 is 9.30 Å². The molecule has 1 aliphatic carbocycles. The number of imidazole rings is 1. The average Bonchev–Trinajstić information content (AvgIpc) is 3.41. The minimum absolute atomic E-state index is 0.0496. The number of nitrogens with one attached hydrogen (secondary N) is 1. The highest BCUT2D eigenvalue weighted by Crippen LogP contribution is 2.38. The van der Waals surface area contributed by atoms with E-state index in [2.05, 4.69) is 24.7 Å². The summed E-state index contributed by atoms with van der Waals surface area (Å²) in [7, 11) is 1.74. The SMILES string of the molecule is CO[C@@H]1CCCC[C@@H]1n1c(-c2ccccc2F)nc2cnc(-c3ncn[nH]3)cc21. The number of H-pyrrole nitrogens is 1. The summed E-state index contributed by atoms with van der Waals surface area (Å²) in [5, 5.41) is 6.76. The van der Waals surface area contributed by atoms with E-state index in [1.807, 2.05) is 12.1 Å². The molecule has 4 aromatic rings. The van der Waals surface area contributed by atoms with Crippen LogP contribution in [0.15, 0.2) is 42.9 Å². The molecule has 3 aromatic heterocycles. The third kappa shape index (κ3) is 3.09. The maximum absolute atomic E-state index is 14.7. The molecule has 7 nitrogen and oxygen atoms in total. The second kappa shape index (κ2) is 7.36. The third-order valence-electron chi connectivity index (χ3n) is 5.65. The van der Waals surface area contributed by atoms with Crippen LogP contribution in [0.25, 0.3) is 33.9 Å². The first-order valence-electron chi connectivity index (χ1n) is 9.77. The van der Waals surface area contributed by atoms with E-state index in [9.17, 15) is 4.39 Å². The number of nitrogens with zero attached hydrogens (tertiary/aromatic N) is 5. The molecule has 148 valence electrons. The van der Waals surface area contributed by atoms with Crippen molar-refractivity contribution in [3.05, 3.63) is 48.7 Å². The van der Waals surface area contributed by atoms with Crippen LogP contribution < -0.4 is 0 Å². The van der Waals surface area contributed by atoms with Gasteiger partial charge in [0.1, 0.15) is 29.2 Å². The van der Waals surface area contributed by atoms with Crippen LogP contribution in [0.5, 0.6) is 0 Å². The van der Waals surface area contributed by atoms with Gasteiger partial charge in [0.15, 0.2) is 5.82 Å². The molecule has 1 saturated carbocycles. The van der Waals surface area contributed by atoms with Gasteiger partial charge >= 0.3 is 0 Å². The van der Waals surface area contributed by atoms with Gasteiger partial charge in [0.25, 0.3) is 0 Å². The topological polar surface area (TPSA) is 81.5 Å².